The molecule has 0 aromatic rings. The number of hydrogen-bond acceptors (Lipinski definition) is 1. The van der Waals surface area contributed by atoms with Crippen LogP contribution in [0.2, 0.25) is 0 Å². The van der Waals surface area contributed by atoms with Gasteiger partial charge in [0.1, 0.15) is 0 Å². The summed E-state index contributed by atoms with van der Waals surface area (Å²) in [5.74, 6) is 1.86. The molecule has 0 amide bonds. The number of methoxy groups -OCH3 is 1. The van der Waals surface area contributed by atoms with Gasteiger partial charge in [0.15, 0.2) is 0 Å². The van der Waals surface area contributed by atoms with Gasteiger partial charge in [0.2, 0.25) is 0 Å². The average molecular weight is 200 g/mol. The number of hydrogen-bond donors (Lipinski definition) is 1. The van der Waals surface area contributed by atoms with Gasteiger partial charge >= 0.3 is 0 Å². The van der Waals surface area contributed by atoms with E-state index in [9.17, 15) is 0 Å². The third-order valence-corrected chi connectivity index (χ3v) is 4.65. The van der Waals surface area contributed by atoms with Crippen LogP contribution in [0.25, 0.3) is 0 Å². The molecule has 1 unspecified atom stereocenters. The Kier molecular flexibility index (Phi) is 4.07. The average Bonchev–Trinajstić information content (AvgIpc) is 2.44. The van der Waals surface area contributed by atoms with E-state index in [1.807, 2.05) is 0 Å². The van der Waals surface area contributed by atoms with Crippen LogP contribution in [0.5, 0.6) is 0 Å². The van der Waals surface area contributed by atoms with Crippen molar-refractivity contribution in [2.45, 2.75) is 20.8 Å². The molecule has 1 rings (SSSR count). The minimum atomic E-state index is -0.00990. The SMILES string of the molecule is COCC[SH]1C=C(C(C)C)C=C1C. The molecule has 13 heavy (non-hydrogen) atoms. The summed E-state index contributed by atoms with van der Waals surface area (Å²) < 4.78 is 5.11. The highest BCUT2D eigenvalue weighted by molar-refractivity contribution is 8.23. The maximum absolute atomic E-state index is 5.11. The molecule has 0 saturated heterocycles. The Labute approximate surface area is 84.2 Å². The van der Waals surface area contributed by atoms with Gasteiger partial charge in [0.05, 0.1) is 6.61 Å². The molecule has 0 radical (unpaired) electrons. The second kappa shape index (κ2) is 4.87. The first-order chi connectivity index (χ1) is 6.15. The maximum Gasteiger partial charge on any atom is 0.0542 e. The lowest BCUT2D eigenvalue weighted by atomic mass is 10.1. The summed E-state index contributed by atoms with van der Waals surface area (Å²) in [6.45, 7) is 7.64. The van der Waals surface area contributed by atoms with Crippen LogP contribution < -0.4 is 0 Å². The minimum Gasteiger partial charge on any atom is -0.384 e. The lowest BCUT2D eigenvalue weighted by Crippen LogP contribution is -1.95. The molecule has 0 bridgehead atoms. The summed E-state index contributed by atoms with van der Waals surface area (Å²) >= 11 is 0. The van der Waals surface area contributed by atoms with E-state index in [1.54, 1.807) is 12.0 Å². The standard InChI is InChI=1S/C11H20OS/c1-9(2)11-7-10(3)13(8-11)6-5-12-4/h7-9,13H,5-6H2,1-4H3. The topological polar surface area (TPSA) is 9.23 Å². The van der Waals surface area contributed by atoms with Crippen LogP contribution >= 0.6 is 10.9 Å². The molecule has 76 valence electrons. The van der Waals surface area contributed by atoms with Crippen molar-refractivity contribution in [3.8, 4) is 0 Å². The Bertz CT molecular complexity index is 228. The van der Waals surface area contributed by atoms with Crippen molar-refractivity contribution in [1.82, 2.24) is 0 Å². The minimum absolute atomic E-state index is 0.00990. The Balaban J connectivity index is 2.55. The first-order valence-electron chi connectivity index (χ1n) is 4.80. The summed E-state index contributed by atoms with van der Waals surface area (Å²) in [6, 6.07) is 0. The van der Waals surface area contributed by atoms with Gasteiger partial charge in [-0.25, -0.2) is 10.9 Å². The van der Waals surface area contributed by atoms with E-state index in [4.69, 9.17) is 4.74 Å². The fourth-order valence-corrected chi connectivity index (χ4v) is 3.50. The molecule has 0 aliphatic carbocycles. The van der Waals surface area contributed by atoms with Crippen LogP contribution in [-0.4, -0.2) is 19.5 Å². The second-order valence-corrected chi connectivity index (χ2v) is 6.11. The summed E-state index contributed by atoms with van der Waals surface area (Å²) in [5.41, 5.74) is 1.51. The summed E-state index contributed by atoms with van der Waals surface area (Å²) in [7, 11) is 1.77. The van der Waals surface area contributed by atoms with Crippen LogP contribution in [0, 0.1) is 5.92 Å². The highest BCUT2D eigenvalue weighted by atomic mass is 32.2. The Morgan fingerprint density at radius 2 is 2.15 bits per heavy atom. The fraction of sp³-hybridized carbons (Fsp3) is 0.636. The third-order valence-electron chi connectivity index (χ3n) is 2.34. The lowest BCUT2D eigenvalue weighted by molar-refractivity contribution is 0.218. The van der Waals surface area contributed by atoms with Gasteiger partial charge in [-0.3, -0.25) is 0 Å². The van der Waals surface area contributed by atoms with Crippen LogP contribution in [-0.2, 0) is 4.74 Å². The van der Waals surface area contributed by atoms with Gasteiger partial charge in [0, 0.05) is 12.9 Å². The molecule has 1 heterocycles. The van der Waals surface area contributed by atoms with Crippen LogP contribution in [0.1, 0.15) is 20.8 Å². The van der Waals surface area contributed by atoms with Gasteiger partial charge in [-0.2, -0.15) is 0 Å². The van der Waals surface area contributed by atoms with Gasteiger partial charge in [-0.1, -0.05) is 19.9 Å². The van der Waals surface area contributed by atoms with Crippen molar-refractivity contribution in [3.63, 3.8) is 0 Å². The van der Waals surface area contributed by atoms with Gasteiger partial charge in [-0.05, 0) is 28.7 Å². The second-order valence-electron chi connectivity index (χ2n) is 3.76. The van der Waals surface area contributed by atoms with E-state index >= 15 is 0 Å². The largest absolute Gasteiger partial charge is 0.384 e. The molecule has 0 N–H and O–H groups in total. The van der Waals surface area contributed by atoms with Gasteiger partial charge in [0.25, 0.3) is 0 Å². The number of rotatable bonds is 4. The number of ether oxygens (including phenoxy) is 1. The van der Waals surface area contributed by atoms with Crippen molar-refractivity contribution in [3.05, 3.63) is 22.0 Å². The smallest absolute Gasteiger partial charge is 0.0542 e. The van der Waals surface area contributed by atoms with E-state index in [0.29, 0.717) is 5.92 Å². The highest BCUT2D eigenvalue weighted by Crippen LogP contribution is 2.44. The van der Waals surface area contributed by atoms with E-state index in [2.05, 4.69) is 32.3 Å². The van der Waals surface area contributed by atoms with E-state index in [1.165, 1.54) is 11.3 Å². The van der Waals surface area contributed by atoms with Crippen molar-refractivity contribution >= 4 is 10.9 Å². The normalized spacial score (nSPS) is 24.8. The molecule has 1 nitrogen and oxygen atoms in total. The van der Waals surface area contributed by atoms with Crippen LogP contribution in [0.4, 0.5) is 0 Å². The van der Waals surface area contributed by atoms with Crippen LogP contribution in [0.3, 0.4) is 0 Å². The maximum atomic E-state index is 5.11. The molecule has 0 aromatic heterocycles. The van der Waals surface area contributed by atoms with E-state index < -0.39 is 0 Å². The number of allylic oxidation sites excluding steroid dienone is 3. The Morgan fingerprint density at radius 3 is 2.62 bits per heavy atom. The summed E-state index contributed by atoms with van der Waals surface area (Å²) in [6.07, 6.45) is 2.35. The predicted molar refractivity (Wildman–Crippen MR) is 62.4 cm³/mol. The molecule has 1 atom stereocenters. The molecule has 0 aromatic carbocycles. The van der Waals surface area contributed by atoms with Crippen molar-refractivity contribution < 1.29 is 4.74 Å². The van der Waals surface area contributed by atoms with E-state index in [0.717, 1.165) is 6.61 Å². The predicted octanol–water partition coefficient (Wildman–Crippen LogP) is 3.09. The monoisotopic (exact) mass is 200 g/mol. The van der Waals surface area contributed by atoms with Crippen molar-refractivity contribution in [1.29, 1.82) is 0 Å². The zero-order valence-corrected chi connectivity index (χ0v) is 9.90. The fourth-order valence-electron chi connectivity index (χ4n) is 1.39. The molecule has 0 fully saturated rings. The highest BCUT2D eigenvalue weighted by Gasteiger charge is 2.13. The first kappa shape index (κ1) is 10.9. The number of thiol groups is 1. The Morgan fingerprint density at radius 1 is 1.46 bits per heavy atom. The summed E-state index contributed by atoms with van der Waals surface area (Å²) in [4.78, 5) is 1.55. The molecular weight excluding hydrogens is 180 g/mol. The lowest BCUT2D eigenvalue weighted by Gasteiger charge is -2.13. The van der Waals surface area contributed by atoms with E-state index in [-0.39, 0.29) is 10.9 Å². The quantitative estimate of drug-likeness (QED) is 0.686. The van der Waals surface area contributed by atoms with Gasteiger partial charge < -0.3 is 4.74 Å². The Hall–Kier alpha value is -0.210. The third kappa shape index (κ3) is 2.89. The van der Waals surface area contributed by atoms with Crippen molar-refractivity contribution in [2.75, 3.05) is 19.5 Å². The zero-order valence-electron chi connectivity index (χ0n) is 9.00. The zero-order chi connectivity index (χ0) is 9.84. The first-order valence-corrected chi connectivity index (χ1v) is 6.40. The molecule has 1 aliphatic rings. The summed E-state index contributed by atoms with van der Waals surface area (Å²) in [5, 5.41) is 2.45. The van der Waals surface area contributed by atoms with Crippen LogP contribution in [0.15, 0.2) is 22.0 Å². The van der Waals surface area contributed by atoms with Crippen molar-refractivity contribution in [2.24, 2.45) is 5.92 Å². The molecule has 0 spiro atoms. The molecule has 0 saturated carbocycles. The van der Waals surface area contributed by atoms with Gasteiger partial charge in [-0.15, -0.1) is 0 Å². The molecule has 1 aliphatic heterocycles. The molecule has 2 heteroatoms. The molecular formula is C11H20OS.